The molecule has 1 fully saturated rings. The number of aryl methyl sites for hydroxylation is 1. The molecule has 176 valence electrons. The predicted octanol–water partition coefficient (Wildman–Crippen LogP) is 4.09. The van der Waals surface area contributed by atoms with Crippen molar-refractivity contribution in [2.75, 3.05) is 39.8 Å². The van der Waals surface area contributed by atoms with Gasteiger partial charge in [-0.3, -0.25) is 9.98 Å². The maximum atomic E-state index is 12.4. The molecule has 1 aliphatic rings. The minimum Gasteiger partial charge on any atom is -0.444 e. The first-order chi connectivity index (χ1) is 14.2. The fourth-order valence-corrected chi connectivity index (χ4v) is 3.60. The van der Waals surface area contributed by atoms with Crippen molar-refractivity contribution in [2.24, 2.45) is 10.9 Å². The topological polar surface area (TPSA) is 70.1 Å². The molecule has 31 heavy (non-hydrogen) atoms. The van der Waals surface area contributed by atoms with Crippen LogP contribution in [-0.2, 0) is 11.2 Å². The maximum absolute atomic E-state index is 12.4. The summed E-state index contributed by atoms with van der Waals surface area (Å²) in [5.41, 5.74) is 1.81. The summed E-state index contributed by atoms with van der Waals surface area (Å²) in [5.74, 6) is 1.44. The highest BCUT2D eigenvalue weighted by atomic mass is 127. The maximum Gasteiger partial charge on any atom is 0.410 e. The molecule has 1 saturated heterocycles. The zero-order chi connectivity index (χ0) is 22.1. The smallest absolute Gasteiger partial charge is 0.410 e. The van der Waals surface area contributed by atoms with Crippen molar-refractivity contribution in [1.29, 1.82) is 0 Å². The SMILES string of the molecule is CCN(CC1CCN(C(=NC)NCCc2ccc(C)nc2)CC1)C(=O)OC(C)(C)C.I. The third-order valence-electron chi connectivity index (χ3n) is 5.31. The van der Waals surface area contributed by atoms with Crippen molar-refractivity contribution in [1.82, 2.24) is 20.1 Å². The van der Waals surface area contributed by atoms with Gasteiger partial charge in [0.2, 0.25) is 0 Å². The first-order valence-electron chi connectivity index (χ1n) is 11.1. The Kier molecular flexibility index (Phi) is 11.6. The molecule has 0 saturated carbocycles. The number of ether oxygens (including phenoxy) is 1. The van der Waals surface area contributed by atoms with Gasteiger partial charge in [0.15, 0.2) is 5.96 Å². The lowest BCUT2D eigenvalue weighted by molar-refractivity contribution is 0.0214. The Balaban J connectivity index is 0.00000480. The lowest BCUT2D eigenvalue weighted by Gasteiger charge is -2.36. The van der Waals surface area contributed by atoms with E-state index < -0.39 is 5.60 Å². The normalized spacial score (nSPS) is 15.3. The summed E-state index contributed by atoms with van der Waals surface area (Å²) in [6.07, 6.45) is 4.74. The van der Waals surface area contributed by atoms with Gasteiger partial charge in [0.25, 0.3) is 0 Å². The second-order valence-electron chi connectivity index (χ2n) is 8.98. The van der Waals surface area contributed by atoms with Crippen LogP contribution in [0.15, 0.2) is 23.3 Å². The second kappa shape index (κ2) is 13.1. The van der Waals surface area contributed by atoms with Crippen LogP contribution < -0.4 is 5.32 Å². The number of halogens is 1. The standard InChI is InChI=1S/C23H39N5O2.HI/c1-7-27(22(29)30-23(3,4)5)17-20-11-14-28(15-12-20)21(24-6)25-13-10-19-9-8-18(2)26-16-19;/h8-9,16,20H,7,10-15,17H2,1-6H3,(H,24,25);1H. The number of carbonyl (C=O) groups excluding carboxylic acids is 1. The van der Waals surface area contributed by atoms with E-state index in [1.54, 1.807) is 0 Å². The summed E-state index contributed by atoms with van der Waals surface area (Å²) in [6, 6.07) is 4.17. The number of hydrogen-bond donors (Lipinski definition) is 1. The molecule has 0 radical (unpaired) electrons. The summed E-state index contributed by atoms with van der Waals surface area (Å²) in [5, 5.41) is 3.48. The highest BCUT2D eigenvalue weighted by Gasteiger charge is 2.27. The van der Waals surface area contributed by atoms with Gasteiger partial charge < -0.3 is 19.9 Å². The summed E-state index contributed by atoms with van der Waals surface area (Å²) >= 11 is 0. The summed E-state index contributed by atoms with van der Waals surface area (Å²) in [4.78, 5) is 25.3. The van der Waals surface area contributed by atoms with Crippen LogP contribution in [0.5, 0.6) is 0 Å². The number of aliphatic imine (C=N–C) groups is 1. The zero-order valence-electron chi connectivity index (χ0n) is 20.0. The van der Waals surface area contributed by atoms with Gasteiger partial charge in [-0.25, -0.2) is 4.79 Å². The van der Waals surface area contributed by atoms with Gasteiger partial charge in [0.05, 0.1) is 0 Å². The first kappa shape index (κ1) is 27.5. The molecular weight excluding hydrogens is 505 g/mol. The van der Waals surface area contributed by atoms with Crippen molar-refractivity contribution < 1.29 is 9.53 Å². The third kappa shape index (κ3) is 9.62. The molecule has 7 nitrogen and oxygen atoms in total. The molecular formula is C23H40IN5O2. The Bertz CT molecular complexity index is 695. The molecule has 1 aromatic heterocycles. The van der Waals surface area contributed by atoms with Gasteiger partial charge in [-0.1, -0.05) is 6.07 Å². The fourth-order valence-electron chi connectivity index (χ4n) is 3.60. The van der Waals surface area contributed by atoms with E-state index in [-0.39, 0.29) is 30.1 Å². The molecule has 1 aliphatic heterocycles. The Morgan fingerprint density at radius 1 is 1.32 bits per heavy atom. The highest BCUT2D eigenvalue weighted by molar-refractivity contribution is 14.0. The molecule has 0 spiro atoms. The molecule has 2 rings (SSSR count). The molecule has 0 aromatic carbocycles. The van der Waals surface area contributed by atoms with Crippen molar-refractivity contribution in [2.45, 2.75) is 59.5 Å². The number of rotatable bonds is 6. The summed E-state index contributed by atoms with van der Waals surface area (Å²) in [6.45, 7) is 13.9. The number of pyridine rings is 1. The van der Waals surface area contributed by atoms with Gasteiger partial charge in [-0.05, 0) is 71.4 Å². The quantitative estimate of drug-likeness (QED) is 0.331. The predicted molar refractivity (Wildman–Crippen MR) is 137 cm³/mol. The zero-order valence-corrected chi connectivity index (χ0v) is 22.3. The van der Waals surface area contributed by atoms with Crippen LogP contribution in [0.25, 0.3) is 0 Å². The molecule has 1 aromatic rings. The van der Waals surface area contributed by atoms with Gasteiger partial charge in [-0.15, -0.1) is 24.0 Å². The average molecular weight is 546 g/mol. The van der Waals surface area contributed by atoms with Gasteiger partial charge in [0.1, 0.15) is 5.60 Å². The van der Waals surface area contributed by atoms with E-state index in [1.807, 2.05) is 58.8 Å². The van der Waals surface area contributed by atoms with Crippen molar-refractivity contribution in [3.05, 3.63) is 29.6 Å². The van der Waals surface area contributed by atoms with E-state index in [0.29, 0.717) is 12.5 Å². The Morgan fingerprint density at radius 3 is 2.52 bits per heavy atom. The molecule has 0 aliphatic carbocycles. The number of carbonyl (C=O) groups is 1. The van der Waals surface area contributed by atoms with Crippen LogP contribution in [0.2, 0.25) is 0 Å². The number of nitrogens with zero attached hydrogens (tertiary/aromatic N) is 4. The number of guanidine groups is 1. The molecule has 0 unspecified atom stereocenters. The summed E-state index contributed by atoms with van der Waals surface area (Å²) < 4.78 is 5.54. The monoisotopic (exact) mass is 545 g/mol. The molecule has 2 heterocycles. The number of aromatic nitrogens is 1. The second-order valence-corrected chi connectivity index (χ2v) is 8.98. The Labute approximate surface area is 205 Å². The van der Waals surface area contributed by atoms with Gasteiger partial charge in [0, 0.05) is 51.7 Å². The van der Waals surface area contributed by atoms with E-state index in [1.165, 1.54) is 5.56 Å². The molecule has 0 bridgehead atoms. The number of amides is 1. The van der Waals surface area contributed by atoms with E-state index in [4.69, 9.17) is 4.74 Å². The van der Waals surface area contributed by atoms with E-state index in [2.05, 4.69) is 26.3 Å². The molecule has 1 amide bonds. The van der Waals surface area contributed by atoms with E-state index in [9.17, 15) is 4.79 Å². The van der Waals surface area contributed by atoms with Crippen LogP contribution in [0.3, 0.4) is 0 Å². The van der Waals surface area contributed by atoms with Gasteiger partial charge >= 0.3 is 6.09 Å². The highest BCUT2D eigenvalue weighted by Crippen LogP contribution is 2.20. The van der Waals surface area contributed by atoms with Crippen molar-refractivity contribution in [3.63, 3.8) is 0 Å². The first-order valence-corrected chi connectivity index (χ1v) is 11.1. The van der Waals surface area contributed by atoms with Gasteiger partial charge in [-0.2, -0.15) is 0 Å². The van der Waals surface area contributed by atoms with Crippen molar-refractivity contribution in [3.8, 4) is 0 Å². The van der Waals surface area contributed by atoms with Crippen LogP contribution >= 0.6 is 24.0 Å². The van der Waals surface area contributed by atoms with Crippen LogP contribution in [0.4, 0.5) is 4.79 Å². The van der Waals surface area contributed by atoms with Crippen LogP contribution in [0, 0.1) is 12.8 Å². The molecule has 8 heteroatoms. The van der Waals surface area contributed by atoms with Crippen LogP contribution in [0.1, 0.15) is 51.8 Å². The number of hydrogen-bond acceptors (Lipinski definition) is 4. The number of piperidine rings is 1. The third-order valence-corrected chi connectivity index (χ3v) is 5.31. The number of likely N-dealkylation sites (tertiary alicyclic amines) is 1. The molecule has 0 atom stereocenters. The molecule has 1 N–H and O–H groups in total. The fraction of sp³-hybridized carbons (Fsp3) is 0.696. The van der Waals surface area contributed by atoms with E-state index >= 15 is 0 Å². The minimum absolute atomic E-state index is 0. The largest absolute Gasteiger partial charge is 0.444 e. The van der Waals surface area contributed by atoms with E-state index in [0.717, 1.165) is 57.1 Å². The van der Waals surface area contributed by atoms with Crippen LogP contribution in [-0.4, -0.2) is 72.2 Å². The Hall–Kier alpha value is -1.58. The average Bonchev–Trinajstić information content (AvgIpc) is 2.70. The number of nitrogens with one attached hydrogen (secondary N) is 1. The lowest BCUT2D eigenvalue weighted by atomic mass is 9.96. The lowest BCUT2D eigenvalue weighted by Crippen LogP contribution is -2.48. The Morgan fingerprint density at radius 2 is 2.00 bits per heavy atom. The van der Waals surface area contributed by atoms with Crippen molar-refractivity contribution >= 4 is 36.0 Å². The summed E-state index contributed by atoms with van der Waals surface area (Å²) in [7, 11) is 1.84. The minimum atomic E-state index is -0.458.